The fraction of sp³-hybridized carbons (Fsp3) is 0.714. The molecule has 44 heavy (non-hydrogen) atoms. The Kier molecular flexibility index (Phi) is 11.8. The summed E-state index contributed by atoms with van der Waals surface area (Å²) in [6.45, 7) is 1.95. The van der Waals surface area contributed by atoms with Gasteiger partial charge in [0.15, 0.2) is 18.6 Å². The van der Waals surface area contributed by atoms with Crippen LogP contribution in [0.4, 0.5) is 0 Å². The molecule has 3 rings (SSSR count). The van der Waals surface area contributed by atoms with E-state index in [0.717, 1.165) is 23.8 Å². The van der Waals surface area contributed by atoms with Gasteiger partial charge in [0, 0.05) is 25.1 Å². The predicted octanol–water partition coefficient (Wildman–Crippen LogP) is -2.88. The second-order valence-electron chi connectivity index (χ2n) is 9.88. The van der Waals surface area contributed by atoms with Gasteiger partial charge in [-0.3, -0.25) is 28.2 Å². The summed E-state index contributed by atoms with van der Waals surface area (Å²) >= 11 is 0. The summed E-state index contributed by atoms with van der Waals surface area (Å²) < 4.78 is 56.1. The summed E-state index contributed by atoms with van der Waals surface area (Å²) in [5.41, 5.74) is -1.76. The molecule has 0 radical (unpaired) electrons. The molecule has 2 saturated heterocycles. The first kappa shape index (κ1) is 36.1. The molecule has 0 aromatic carbocycles. The van der Waals surface area contributed by atoms with Crippen molar-refractivity contribution in [1.82, 2.24) is 14.9 Å². The first-order valence-electron chi connectivity index (χ1n) is 12.8. The van der Waals surface area contributed by atoms with Crippen LogP contribution in [0, 0.1) is 5.92 Å². The topological polar surface area (TPSA) is 312 Å². The van der Waals surface area contributed by atoms with Gasteiger partial charge in [-0.25, -0.2) is 18.7 Å². The third-order valence-electron chi connectivity index (χ3n) is 6.63. The molecule has 1 aromatic rings. The molecular formula is C21H33N3O18P2. The van der Waals surface area contributed by atoms with Crippen molar-refractivity contribution >= 4 is 27.5 Å². The van der Waals surface area contributed by atoms with Crippen molar-refractivity contribution in [1.29, 1.82) is 0 Å². The molecule has 0 aliphatic carbocycles. The molecule has 21 nitrogen and oxygen atoms in total. The van der Waals surface area contributed by atoms with Crippen LogP contribution in [0.2, 0.25) is 0 Å². The number of aliphatic hydroxyl groups is 3. The van der Waals surface area contributed by atoms with Gasteiger partial charge in [-0.15, -0.1) is 0 Å². The number of phosphoric ester groups is 2. The number of phosphoric acid groups is 2. The lowest BCUT2D eigenvalue weighted by molar-refractivity contribution is -0.244. The van der Waals surface area contributed by atoms with Crippen molar-refractivity contribution in [3.05, 3.63) is 33.1 Å². The van der Waals surface area contributed by atoms with E-state index in [2.05, 4.69) is 14.2 Å². The number of carboxylic acids is 1. The van der Waals surface area contributed by atoms with E-state index in [1.54, 1.807) is 0 Å². The molecular weight excluding hydrogens is 644 g/mol. The Morgan fingerprint density at radius 3 is 2.36 bits per heavy atom. The maximum Gasteiger partial charge on any atom is 0.483 e. The monoisotopic (exact) mass is 677 g/mol. The zero-order chi connectivity index (χ0) is 33.1. The van der Waals surface area contributed by atoms with Gasteiger partial charge in [0.25, 0.3) is 5.56 Å². The van der Waals surface area contributed by atoms with Crippen LogP contribution in [-0.4, -0.2) is 114 Å². The van der Waals surface area contributed by atoms with Crippen LogP contribution in [0.3, 0.4) is 0 Å². The highest BCUT2D eigenvalue weighted by molar-refractivity contribution is 7.61. The molecule has 8 N–H and O–H groups in total. The maximum atomic E-state index is 12.8. The van der Waals surface area contributed by atoms with Gasteiger partial charge in [-0.1, -0.05) is 6.92 Å². The Morgan fingerprint density at radius 2 is 1.80 bits per heavy atom. The molecule has 1 aromatic heterocycles. The molecule has 12 atom stereocenters. The van der Waals surface area contributed by atoms with Gasteiger partial charge in [0.2, 0.25) is 5.91 Å². The van der Waals surface area contributed by atoms with Gasteiger partial charge in [0.1, 0.15) is 24.4 Å². The quantitative estimate of drug-likeness (QED) is 0.0972. The second kappa shape index (κ2) is 14.4. The lowest BCUT2D eigenvalue weighted by Crippen LogP contribution is -2.63. The summed E-state index contributed by atoms with van der Waals surface area (Å²) in [6, 6.07) is -0.564. The van der Waals surface area contributed by atoms with Crippen LogP contribution >= 0.6 is 15.6 Å². The summed E-state index contributed by atoms with van der Waals surface area (Å²) in [7, 11) is -11.2. The van der Waals surface area contributed by atoms with Crippen molar-refractivity contribution in [3.63, 3.8) is 0 Å². The number of nitrogens with one attached hydrogen (secondary N) is 2. The van der Waals surface area contributed by atoms with Crippen LogP contribution in [-0.2, 0) is 46.3 Å². The van der Waals surface area contributed by atoms with Crippen molar-refractivity contribution in [2.24, 2.45) is 5.92 Å². The average molecular weight is 677 g/mol. The number of carbonyl (C=O) groups excluding carboxylic acids is 1. The van der Waals surface area contributed by atoms with E-state index in [1.165, 1.54) is 13.8 Å². The first-order valence-corrected chi connectivity index (χ1v) is 15.8. The van der Waals surface area contributed by atoms with E-state index >= 15 is 0 Å². The van der Waals surface area contributed by atoms with Gasteiger partial charge < -0.3 is 49.7 Å². The Bertz CT molecular complexity index is 1400. The SMILES string of the molecule is CC(=O)N[C@H]1C(OP(=O)(O)OP(=O)(O)OC[C@H]2O[C@@H](n3ccc(=O)[nH]c3=O)[C@H](O)[C@@H]2O)O[C@H](CO)[C@@H](C)[C@@H]1OC(C)C(=O)O. The third kappa shape index (κ3) is 8.88. The highest BCUT2D eigenvalue weighted by Gasteiger charge is 2.51. The molecule has 4 unspecified atom stereocenters. The van der Waals surface area contributed by atoms with Crippen LogP contribution < -0.4 is 16.6 Å². The summed E-state index contributed by atoms with van der Waals surface area (Å²) in [5.74, 6) is -2.93. The third-order valence-corrected chi connectivity index (χ3v) is 9.23. The molecule has 2 aliphatic heterocycles. The van der Waals surface area contributed by atoms with Crippen LogP contribution in [0.15, 0.2) is 21.9 Å². The van der Waals surface area contributed by atoms with Crippen LogP contribution in [0.5, 0.6) is 0 Å². The van der Waals surface area contributed by atoms with Crippen molar-refractivity contribution in [3.8, 4) is 0 Å². The number of nitrogens with zero attached hydrogens (tertiary/aromatic N) is 1. The summed E-state index contributed by atoms with van der Waals surface area (Å²) in [4.78, 5) is 68.8. The zero-order valence-corrected chi connectivity index (χ0v) is 25.1. The minimum Gasteiger partial charge on any atom is -0.479 e. The Hall–Kier alpha value is -2.36. The summed E-state index contributed by atoms with van der Waals surface area (Å²) in [5, 5.41) is 41.9. The van der Waals surface area contributed by atoms with E-state index in [-0.39, 0.29) is 0 Å². The number of carboxylic acid groups (broad SMARTS) is 1. The Balaban J connectivity index is 1.72. The van der Waals surface area contributed by atoms with Crippen molar-refractivity contribution in [2.75, 3.05) is 13.2 Å². The predicted molar refractivity (Wildman–Crippen MR) is 140 cm³/mol. The molecule has 3 heterocycles. The number of aromatic amines is 1. The number of aliphatic hydroxyl groups excluding tert-OH is 3. The van der Waals surface area contributed by atoms with E-state index in [4.69, 9.17) is 18.7 Å². The lowest BCUT2D eigenvalue weighted by Gasteiger charge is -2.45. The first-order chi connectivity index (χ1) is 20.4. The number of hydrogen-bond acceptors (Lipinski definition) is 15. The molecule has 2 aliphatic rings. The number of hydrogen-bond donors (Lipinski definition) is 8. The minimum absolute atomic E-state index is 0.713. The highest BCUT2D eigenvalue weighted by atomic mass is 31.3. The van der Waals surface area contributed by atoms with Crippen molar-refractivity contribution in [2.45, 2.75) is 76.0 Å². The number of ether oxygens (including phenoxy) is 3. The number of H-pyrrole nitrogens is 1. The number of rotatable bonds is 13. The Labute approximate surface area is 247 Å². The average Bonchev–Trinajstić information content (AvgIpc) is 3.18. The number of amides is 1. The number of aliphatic carboxylic acids is 1. The molecule has 2 fully saturated rings. The van der Waals surface area contributed by atoms with E-state index < -0.39 is 113 Å². The largest absolute Gasteiger partial charge is 0.483 e. The number of carbonyl (C=O) groups is 2. The van der Waals surface area contributed by atoms with Gasteiger partial charge in [-0.05, 0) is 6.92 Å². The van der Waals surface area contributed by atoms with Crippen LogP contribution in [0.25, 0.3) is 0 Å². The lowest BCUT2D eigenvalue weighted by atomic mass is 9.89. The van der Waals surface area contributed by atoms with Crippen LogP contribution in [0.1, 0.15) is 27.0 Å². The zero-order valence-electron chi connectivity index (χ0n) is 23.3. The molecule has 1 amide bonds. The van der Waals surface area contributed by atoms with Gasteiger partial charge in [0.05, 0.1) is 25.4 Å². The fourth-order valence-electron chi connectivity index (χ4n) is 4.46. The van der Waals surface area contributed by atoms with E-state index in [0.29, 0.717) is 0 Å². The van der Waals surface area contributed by atoms with Crippen molar-refractivity contribution < 1.29 is 76.5 Å². The standard InChI is InChI=1S/C21H33N3O18P2/c1-8-11(6-25)40-20(14(22-10(3)26)17(8)38-9(2)19(30)31)41-44(35,36)42-43(33,34)37-7-12-15(28)16(29)18(39-12)24-5-4-13(27)23-21(24)32/h4-5,8-9,11-12,14-18,20,25,28-29H,6-7H2,1-3H3,(H,22,26)(H,30,31)(H,33,34)(H,35,36)(H,23,27,32)/t8-,9?,11-,12-,14-,15-,16-,17+,18-,20?/m1/s1. The smallest absolute Gasteiger partial charge is 0.479 e. The molecule has 250 valence electrons. The molecule has 0 bridgehead atoms. The summed E-state index contributed by atoms with van der Waals surface area (Å²) in [6.07, 6.45) is -11.7. The Morgan fingerprint density at radius 1 is 1.14 bits per heavy atom. The second-order valence-corrected chi connectivity index (χ2v) is 12.9. The van der Waals surface area contributed by atoms with Gasteiger partial charge >= 0.3 is 27.3 Å². The minimum atomic E-state index is -5.66. The normalized spacial score (nSPS) is 34.0. The fourth-order valence-corrected chi connectivity index (χ4v) is 6.62. The van der Waals surface area contributed by atoms with Gasteiger partial charge in [-0.2, -0.15) is 4.31 Å². The maximum absolute atomic E-state index is 12.8. The molecule has 23 heteroatoms. The molecule has 0 spiro atoms. The van der Waals surface area contributed by atoms with E-state index in [1.807, 2.05) is 4.98 Å². The van der Waals surface area contributed by atoms with E-state index in [9.17, 15) is 58.5 Å². The highest BCUT2D eigenvalue weighted by Crippen LogP contribution is 2.61. The molecule has 0 saturated carbocycles. The number of aromatic nitrogens is 2.